The van der Waals surface area contributed by atoms with Gasteiger partial charge in [-0.2, -0.15) is 5.10 Å². The molecule has 0 bridgehead atoms. The zero-order valence-corrected chi connectivity index (χ0v) is 17.4. The number of fused-ring (bicyclic) bond motifs is 3. The molecule has 0 saturated carbocycles. The third-order valence-corrected chi connectivity index (χ3v) is 5.75. The summed E-state index contributed by atoms with van der Waals surface area (Å²) in [6.07, 6.45) is 7.55. The van der Waals surface area contributed by atoms with Crippen LogP contribution in [0.5, 0.6) is 5.75 Å². The quantitative estimate of drug-likeness (QED) is 0.511. The zero-order valence-electron chi connectivity index (χ0n) is 17.4. The summed E-state index contributed by atoms with van der Waals surface area (Å²) in [6.45, 7) is 1.92. The highest BCUT2D eigenvalue weighted by atomic mass is 16.5. The van der Waals surface area contributed by atoms with E-state index in [2.05, 4.69) is 15.4 Å². The third kappa shape index (κ3) is 4.03. The number of hydrogen-bond donors (Lipinski definition) is 1. The molecule has 0 fully saturated rings. The summed E-state index contributed by atoms with van der Waals surface area (Å²) in [5.41, 5.74) is 4.11. The van der Waals surface area contributed by atoms with Crippen molar-refractivity contribution in [3.05, 3.63) is 72.0 Å². The Hall–Kier alpha value is -3.61. The summed E-state index contributed by atoms with van der Waals surface area (Å²) in [7, 11) is 0. The fourth-order valence-electron chi connectivity index (χ4n) is 4.10. The number of furan rings is 1. The summed E-state index contributed by atoms with van der Waals surface area (Å²) in [4.78, 5) is 16.4. The molecule has 2 heterocycles. The lowest BCUT2D eigenvalue weighted by Gasteiger charge is -2.15. The lowest BCUT2D eigenvalue weighted by atomic mass is 9.96. The van der Waals surface area contributed by atoms with E-state index in [0.29, 0.717) is 5.75 Å². The van der Waals surface area contributed by atoms with E-state index >= 15 is 0 Å². The van der Waals surface area contributed by atoms with Gasteiger partial charge in [0.25, 0.3) is 5.91 Å². The number of benzene rings is 2. The number of rotatable bonds is 6. The van der Waals surface area contributed by atoms with Crippen molar-refractivity contribution in [3.63, 3.8) is 0 Å². The highest BCUT2D eigenvalue weighted by Gasteiger charge is 2.18. The van der Waals surface area contributed by atoms with Gasteiger partial charge in [-0.3, -0.25) is 4.79 Å². The van der Waals surface area contributed by atoms with E-state index < -0.39 is 0 Å². The molecule has 1 amide bonds. The van der Waals surface area contributed by atoms with Crippen LogP contribution in [0.15, 0.2) is 59.5 Å². The van der Waals surface area contributed by atoms with Crippen LogP contribution in [0.3, 0.4) is 0 Å². The van der Waals surface area contributed by atoms with Crippen LogP contribution in [-0.4, -0.2) is 27.3 Å². The molecule has 2 aromatic carbocycles. The van der Waals surface area contributed by atoms with E-state index in [4.69, 9.17) is 9.15 Å². The van der Waals surface area contributed by atoms with Gasteiger partial charge in [0.15, 0.2) is 6.61 Å². The van der Waals surface area contributed by atoms with Crippen molar-refractivity contribution in [2.24, 2.45) is 0 Å². The smallest absolute Gasteiger partial charge is 0.258 e. The van der Waals surface area contributed by atoms with Crippen molar-refractivity contribution >= 4 is 16.9 Å². The number of aryl methyl sites for hydroxylation is 2. The fourth-order valence-corrected chi connectivity index (χ4v) is 4.10. The predicted molar refractivity (Wildman–Crippen MR) is 116 cm³/mol. The topological polar surface area (TPSA) is 82.2 Å². The summed E-state index contributed by atoms with van der Waals surface area (Å²) in [6, 6.07) is 13.5. The van der Waals surface area contributed by atoms with Crippen molar-refractivity contribution in [2.45, 2.75) is 38.6 Å². The maximum Gasteiger partial charge on any atom is 0.258 e. The van der Waals surface area contributed by atoms with Gasteiger partial charge < -0.3 is 14.5 Å². The number of aromatic nitrogens is 3. The molecule has 31 heavy (non-hydrogen) atoms. The van der Waals surface area contributed by atoms with Crippen molar-refractivity contribution in [2.75, 3.05) is 6.61 Å². The lowest BCUT2D eigenvalue weighted by molar-refractivity contribution is -0.123. The number of carbonyl (C=O) groups is 1. The van der Waals surface area contributed by atoms with E-state index in [1.807, 2.05) is 49.4 Å². The highest BCUT2D eigenvalue weighted by Crippen LogP contribution is 2.33. The molecule has 0 radical (unpaired) electrons. The molecule has 0 unspecified atom stereocenters. The van der Waals surface area contributed by atoms with Gasteiger partial charge in [0.1, 0.15) is 29.7 Å². The van der Waals surface area contributed by atoms with Crippen molar-refractivity contribution < 1.29 is 13.9 Å². The largest absolute Gasteiger partial charge is 0.484 e. The Morgan fingerprint density at radius 2 is 2.03 bits per heavy atom. The Bertz CT molecular complexity index is 1200. The second kappa shape index (κ2) is 8.26. The summed E-state index contributed by atoms with van der Waals surface area (Å²) < 4.78 is 13.4. The first-order chi connectivity index (χ1) is 15.2. The first-order valence-corrected chi connectivity index (χ1v) is 10.6. The second-order valence-corrected chi connectivity index (χ2v) is 7.88. The van der Waals surface area contributed by atoms with Gasteiger partial charge >= 0.3 is 0 Å². The molecule has 0 saturated heterocycles. The molecule has 4 aromatic rings. The number of nitrogens with one attached hydrogen (secondary N) is 1. The van der Waals surface area contributed by atoms with Crippen LogP contribution in [0.2, 0.25) is 0 Å². The second-order valence-electron chi connectivity index (χ2n) is 7.88. The SMILES string of the molecule is C[C@H](NC(=O)COc1ccc2oc3c(c2c1)CCCC3)c1ccc(-n2cncn2)cc1. The van der Waals surface area contributed by atoms with Crippen LogP contribution in [0.1, 0.15) is 42.7 Å². The summed E-state index contributed by atoms with van der Waals surface area (Å²) in [5.74, 6) is 1.61. The lowest BCUT2D eigenvalue weighted by Crippen LogP contribution is -2.31. The van der Waals surface area contributed by atoms with Crippen LogP contribution in [0, 0.1) is 0 Å². The standard InChI is InChI=1S/C24H24N4O3/c1-16(17-6-8-18(9-7-17)28-15-25-14-26-28)27-24(29)13-30-19-10-11-23-21(12-19)20-4-2-3-5-22(20)31-23/h6-12,14-16H,2-5,13H2,1H3,(H,27,29)/t16-/m0/s1. The number of hydrogen-bond acceptors (Lipinski definition) is 5. The maximum absolute atomic E-state index is 12.4. The van der Waals surface area contributed by atoms with Crippen LogP contribution < -0.4 is 10.1 Å². The normalized spacial score (nSPS) is 14.2. The first-order valence-electron chi connectivity index (χ1n) is 10.6. The number of ether oxygens (including phenoxy) is 1. The molecule has 7 heteroatoms. The Morgan fingerprint density at radius 1 is 1.19 bits per heavy atom. The molecular formula is C24H24N4O3. The number of nitrogens with zero attached hydrogens (tertiary/aromatic N) is 3. The van der Waals surface area contributed by atoms with Crippen molar-refractivity contribution in [1.29, 1.82) is 0 Å². The summed E-state index contributed by atoms with van der Waals surface area (Å²) in [5, 5.41) is 8.21. The van der Waals surface area contributed by atoms with Crippen LogP contribution in [0.4, 0.5) is 0 Å². The molecule has 158 valence electrons. The maximum atomic E-state index is 12.4. The van der Waals surface area contributed by atoms with Crippen LogP contribution >= 0.6 is 0 Å². The molecule has 0 spiro atoms. The fraction of sp³-hybridized carbons (Fsp3) is 0.292. The van der Waals surface area contributed by atoms with Crippen LogP contribution in [0.25, 0.3) is 16.7 Å². The van der Waals surface area contributed by atoms with Gasteiger partial charge in [0, 0.05) is 17.4 Å². The minimum Gasteiger partial charge on any atom is -0.484 e. The zero-order chi connectivity index (χ0) is 21.2. The molecule has 1 N–H and O–H groups in total. The van der Waals surface area contributed by atoms with Gasteiger partial charge in [0.05, 0.1) is 11.7 Å². The van der Waals surface area contributed by atoms with E-state index in [9.17, 15) is 4.79 Å². The third-order valence-electron chi connectivity index (χ3n) is 5.75. The Balaban J connectivity index is 1.20. The van der Waals surface area contributed by atoms with E-state index in [0.717, 1.165) is 40.8 Å². The average Bonchev–Trinajstić information content (AvgIpc) is 3.46. The van der Waals surface area contributed by atoms with E-state index in [1.165, 1.54) is 24.7 Å². The minimum atomic E-state index is -0.165. The highest BCUT2D eigenvalue weighted by molar-refractivity contribution is 5.84. The van der Waals surface area contributed by atoms with Gasteiger partial charge in [-0.15, -0.1) is 0 Å². The van der Waals surface area contributed by atoms with Crippen molar-refractivity contribution in [3.8, 4) is 11.4 Å². The minimum absolute atomic E-state index is 0.0348. The molecule has 1 aliphatic carbocycles. The molecule has 0 aliphatic heterocycles. The summed E-state index contributed by atoms with van der Waals surface area (Å²) >= 11 is 0. The molecule has 7 nitrogen and oxygen atoms in total. The van der Waals surface area contributed by atoms with Gasteiger partial charge in [-0.25, -0.2) is 9.67 Å². The Morgan fingerprint density at radius 3 is 2.84 bits per heavy atom. The van der Waals surface area contributed by atoms with Gasteiger partial charge in [-0.1, -0.05) is 12.1 Å². The molecule has 5 rings (SSSR count). The molecule has 1 aliphatic rings. The Labute approximate surface area is 180 Å². The number of amides is 1. The number of carbonyl (C=O) groups excluding carboxylic acids is 1. The van der Waals surface area contributed by atoms with E-state index in [1.54, 1.807) is 11.0 Å². The van der Waals surface area contributed by atoms with Gasteiger partial charge in [-0.05, 0) is 62.1 Å². The molecular weight excluding hydrogens is 392 g/mol. The molecule has 1 atom stereocenters. The molecule has 2 aromatic heterocycles. The average molecular weight is 416 g/mol. The van der Waals surface area contributed by atoms with Crippen molar-refractivity contribution in [1.82, 2.24) is 20.1 Å². The van der Waals surface area contributed by atoms with Gasteiger partial charge in [0.2, 0.25) is 0 Å². The predicted octanol–water partition coefficient (Wildman–Crippen LogP) is 4.15. The first kappa shape index (κ1) is 19.4. The Kier molecular flexibility index (Phi) is 5.16. The monoisotopic (exact) mass is 416 g/mol. The van der Waals surface area contributed by atoms with E-state index in [-0.39, 0.29) is 18.6 Å². The van der Waals surface area contributed by atoms with Crippen LogP contribution in [-0.2, 0) is 17.6 Å².